The number of benzene rings is 1. The zero-order valence-electron chi connectivity index (χ0n) is 10.0. The summed E-state index contributed by atoms with van der Waals surface area (Å²) in [6.07, 6.45) is 0.638. The van der Waals surface area contributed by atoms with E-state index in [0.717, 1.165) is 0 Å². The SMILES string of the molecule is NCC1(C(O)c2ccc(Br)c(F)c2)CCOCC1. The van der Waals surface area contributed by atoms with E-state index in [-0.39, 0.29) is 5.82 Å². The molecule has 1 atom stereocenters. The van der Waals surface area contributed by atoms with Gasteiger partial charge in [-0.25, -0.2) is 4.39 Å². The summed E-state index contributed by atoms with van der Waals surface area (Å²) in [7, 11) is 0. The summed E-state index contributed by atoms with van der Waals surface area (Å²) in [6, 6.07) is 4.70. The van der Waals surface area contributed by atoms with E-state index in [1.54, 1.807) is 12.1 Å². The van der Waals surface area contributed by atoms with Crippen molar-refractivity contribution in [2.24, 2.45) is 11.1 Å². The second-order valence-corrected chi connectivity index (χ2v) is 5.61. The first-order valence-electron chi connectivity index (χ1n) is 6.00. The Hall–Kier alpha value is -0.490. The Morgan fingerprint density at radius 1 is 1.44 bits per heavy atom. The second-order valence-electron chi connectivity index (χ2n) is 4.75. The summed E-state index contributed by atoms with van der Waals surface area (Å²) >= 11 is 3.10. The lowest BCUT2D eigenvalue weighted by Crippen LogP contribution is -2.41. The van der Waals surface area contributed by atoms with Crippen molar-refractivity contribution < 1.29 is 14.2 Å². The van der Waals surface area contributed by atoms with Crippen LogP contribution in [0.5, 0.6) is 0 Å². The van der Waals surface area contributed by atoms with E-state index < -0.39 is 11.5 Å². The average Bonchev–Trinajstić information content (AvgIpc) is 2.42. The van der Waals surface area contributed by atoms with E-state index in [0.29, 0.717) is 42.6 Å². The van der Waals surface area contributed by atoms with Crippen molar-refractivity contribution in [3.8, 4) is 0 Å². The number of halogens is 2. The van der Waals surface area contributed by atoms with Crippen LogP contribution in [0, 0.1) is 11.2 Å². The monoisotopic (exact) mass is 317 g/mol. The molecule has 0 radical (unpaired) electrons. The predicted octanol–water partition coefficient (Wildman–Crippen LogP) is 2.38. The molecule has 1 heterocycles. The smallest absolute Gasteiger partial charge is 0.137 e. The lowest BCUT2D eigenvalue weighted by molar-refractivity contribution is -0.0582. The van der Waals surface area contributed by atoms with Gasteiger partial charge < -0.3 is 15.6 Å². The normalized spacial score (nSPS) is 20.7. The molecule has 1 fully saturated rings. The summed E-state index contributed by atoms with van der Waals surface area (Å²) in [4.78, 5) is 0. The van der Waals surface area contributed by atoms with Crippen LogP contribution in [-0.2, 0) is 4.74 Å². The molecule has 1 saturated heterocycles. The third kappa shape index (κ3) is 2.59. The van der Waals surface area contributed by atoms with Crippen molar-refractivity contribution in [1.82, 2.24) is 0 Å². The molecule has 1 aliphatic rings. The maximum absolute atomic E-state index is 13.5. The Balaban J connectivity index is 2.27. The minimum atomic E-state index is -0.756. The van der Waals surface area contributed by atoms with Crippen molar-refractivity contribution in [3.05, 3.63) is 34.1 Å². The number of hydrogen-bond donors (Lipinski definition) is 2. The first-order valence-corrected chi connectivity index (χ1v) is 6.79. The summed E-state index contributed by atoms with van der Waals surface area (Å²) in [6.45, 7) is 1.55. The fourth-order valence-electron chi connectivity index (χ4n) is 2.40. The highest BCUT2D eigenvalue weighted by Gasteiger charge is 2.39. The van der Waals surface area contributed by atoms with Crippen molar-refractivity contribution in [1.29, 1.82) is 0 Å². The van der Waals surface area contributed by atoms with Gasteiger partial charge in [0.2, 0.25) is 0 Å². The van der Waals surface area contributed by atoms with Crippen LogP contribution in [0.3, 0.4) is 0 Å². The average molecular weight is 318 g/mol. The van der Waals surface area contributed by atoms with Crippen LogP contribution < -0.4 is 5.73 Å². The Kier molecular flexibility index (Phi) is 4.37. The molecule has 1 aromatic carbocycles. The topological polar surface area (TPSA) is 55.5 Å². The molecule has 5 heteroatoms. The standard InChI is InChI=1S/C13H17BrFNO2/c14-10-2-1-9(7-11(10)15)12(17)13(8-16)3-5-18-6-4-13/h1-2,7,12,17H,3-6,8,16H2. The first kappa shape index (κ1) is 13.9. The molecule has 100 valence electrons. The predicted molar refractivity (Wildman–Crippen MR) is 70.6 cm³/mol. The van der Waals surface area contributed by atoms with Gasteiger partial charge in [-0.05, 0) is 46.5 Å². The maximum Gasteiger partial charge on any atom is 0.137 e. The third-order valence-corrected chi connectivity index (χ3v) is 4.38. The van der Waals surface area contributed by atoms with Crippen LogP contribution in [0.1, 0.15) is 24.5 Å². The molecule has 0 aromatic heterocycles. The minimum absolute atomic E-state index is 0.370. The zero-order valence-corrected chi connectivity index (χ0v) is 11.6. The summed E-state index contributed by atoms with van der Waals surface area (Å²) < 4.78 is 19.2. The molecule has 2 rings (SSSR count). The summed E-state index contributed by atoms with van der Waals surface area (Å²) in [5.41, 5.74) is 5.99. The van der Waals surface area contributed by atoms with E-state index in [1.807, 2.05) is 0 Å². The number of hydrogen-bond acceptors (Lipinski definition) is 3. The van der Waals surface area contributed by atoms with Gasteiger partial charge in [-0.2, -0.15) is 0 Å². The Morgan fingerprint density at radius 3 is 2.67 bits per heavy atom. The van der Waals surface area contributed by atoms with E-state index in [1.165, 1.54) is 6.07 Å². The summed E-state index contributed by atoms with van der Waals surface area (Å²) in [5.74, 6) is -0.370. The fourth-order valence-corrected chi connectivity index (χ4v) is 2.65. The number of nitrogens with two attached hydrogens (primary N) is 1. The zero-order chi connectivity index (χ0) is 13.2. The van der Waals surface area contributed by atoms with Gasteiger partial charge >= 0.3 is 0 Å². The summed E-state index contributed by atoms with van der Waals surface area (Å²) in [5, 5.41) is 10.5. The lowest BCUT2D eigenvalue weighted by Gasteiger charge is -2.40. The highest BCUT2D eigenvalue weighted by atomic mass is 79.9. The van der Waals surface area contributed by atoms with Crippen LogP contribution in [0.25, 0.3) is 0 Å². The van der Waals surface area contributed by atoms with Gasteiger partial charge in [0.05, 0.1) is 10.6 Å². The minimum Gasteiger partial charge on any atom is -0.388 e. The van der Waals surface area contributed by atoms with Gasteiger partial charge in [0.15, 0.2) is 0 Å². The Morgan fingerprint density at radius 2 is 2.11 bits per heavy atom. The molecule has 0 aliphatic carbocycles. The van der Waals surface area contributed by atoms with E-state index in [9.17, 15) is 9.50 Å². The van der Waals surface area contributed by atoms with E-state index >= 15 is 0 Å². The molecular formula is C13H17BrFNO2. The van der Waals surface area contributed by atoms with Gasteiger partial charge in [-0.1, -0.05) is 6.07 Å². The largest absolute Gasteiger partial charge is 0.388 e. The molecule has 3 nitrogen and oxygen atoms in total. The molecule has 1 unspecified atom stereocenters. The first-order chi connectivity index (χ1) is 8.59. The molecule has 0 amide bonds. The molecule has 0 spiro atoms. The highest BCUT2D eigenvalue weighted by molar-refractivity contribution is 9.10. The van der Waals surface area contributed by atoms with E-state index in [4.69, 9.17) is 10.5 Å². The van der Waals surface area contributed by atoms with Crippen LogP contribution >= 0.6 is 15.9 Å². The molecule has 1 aliphatic heterocycles. The van der Waals surface area contributed by atoms with Crippen LogP contribution in [0.4, 0.5) is 4.39 Å². The maximum atomic E-state index is 13.5. The van der Waals surface area contributed by atoms with Crippen molar-refractivity contribution in [2.45, 2.75) is 18.9 Å². The van der Waals surface area contributed by atoms with Crippen molar-refractivity contribution >= 4 is 15.9 Å². The Labute approximate surface area is 114 Å². The number of ether oxygens (including phenoxy) is 1. The molecule has 3 N–H and O–H groups in total. The number of aliphatic hydroxyl groups is 1. The number of aliphatic hydroxyl groups excluding tert-OH is 1. The van der Waals surface area contributed by atoms with Gasteiger partial charge in [0.1, 0.15) is 5.82 Å². The van der Waals surface area contributed by atoms with Gasteiger partial charge in [-0.15, -0.1) is 0 Å². The van der Waals surface area contributed by atoms with Crippen LogP contribution in [0.2, 0.25) is 0 Å². The molecule has 0 bridgehead atoms. The van der Waals surface area contributed by atoms with Crippen molar-refractivity contribution in [3.63, 3.8) is 0 Å². The second kappa shape index (κ2) is 5.65. The van der Waals surface area contributed by atoms with Gasteiger partial charge in [-0.3, -0.25) is 0 Å². The lowest BCUT2D eigenvalue weighted by atomic mass is 9.73. The highest BCUT2D eigenvalue weighted by Crippen LogP contribution is 2.42. The molecule has 18 heavy (non-hydrogen) atoms. The molecular weight excluding hydrogens is 301 g/mol. The van der Waals surface area contributed by atoms with Crippen LogP contribution in [0.15, 0.2) is 22.7 Å². The van der Waals surface area contributed by atoms with Crippen molar-refractivity contribution in [2.75, 3.05) is 19.8 Å². The number of rotatable bonds is 3. The fraction of sp³-hybridized carbons (Fsp3) is 0.538. The third-order valence-electron chi connectivity index (χ3n) is 3.73. The van der Waals surface area contributed by atoms with Gasteiger partial charge in [0.25, 0.3) is 0 Å². The van der Waals surface area contributed by atoms with Crippen LogP contribution in [-0.4, -0.2) is 24.9 Å². The quantitative estimate of drug-likeness (QED) is 0.900. The van der Waals surface area contributed by atoms with Gasteiger partial charge in [0, 0.05) is 25.2 Å². The van der Waals surface area contributed by atoms with E-state index in [2.05, 4.69) is 15.9 Å². The molecule has 0 saturated carbocycles. The molecule has 1 aromatic rings. The Bertz CT molecular complexity index is 421.